The van der Waals surface area contributed by atoms with Crippen molar-refractivity contribution in [2.45, 2.75) is 50.7 Å². The average molecular weight is 237 g/mol. The zero-order valence-electron chi connectivity index (χ0n) is 11.4. The molecule has 3 aliphatic heterocycles. The smallest absolute Gasteiger partial charge is 0.0224 e. The van der Waals surface area contributed by atoms with Gasteiger partial charge in [-0.1, -0.05) is 0 Å². The van der Waals surface area contributed by atoms with E-state index in [0.29, 0.717) is 0 Å². The van der Waals surface area contributed by atoms with Crippen LogP contribution in [0.5, 0.6) is 0 Å². The molecule has 0 aromatic carbocycles. The molecule has 0 aromatic heterocycles. The summed E-state index contributed by atoms with van der Waals surface area (Å²) in [6.07, 6.45) is 5.63. The number of hydrogen-bond donors (Lipinski definition) is 0. The van der Waals surface area contributed by atoms with E-state index in [0.717, 1.165) is 18.1 Å². The van der Waals surface area contributed by atoms with Gasteiger partial charge in [0.1, 0.15) is 0 Å². The van der Waals surface area contributed by atoms with Crippen molar-refractivity contribution in [3.8, 4) is 0 Å². The number of piperidine rings is 1. The van der Waals surface area contributed by atoms with Gasteiger partial charge in [-0.25, -0.2) is 0 Å². The van der Waals surface area contributed by atoms with Gasteiger partial charge in [0.05, 0.1) is 0 Å². The number of rotatable bonds is 1. The third-order valence-electron chi connectivity index (χ3n) is 5.14. The number of fused-ring (bicyclic) bond motifs is 1. The highest BCUT2D eigenvalue weighted by molar-refractivity contribution is 4.94. The van der Waals surface area contributed by atoms with Crippen molar-refractivity contribution in [3.05, 3.63) is 0 Å². The third kappa shape index (κ3) is 2.38. The van der Waals surface area contributed by atoms with E-state index in [-0.39, 0.29) is 0 Å². The molecule has 3 heterocycles. The largest absolute Gasteiger partial charge is 0.306 e. The van der Waals surface area contributed by atoms with Gasteiger partial charge in [0, 0.05) is 31.2 Å². The lowest BCUT2D eigenvalue weighted by Crippen LogP contribution is -2.59. The fraction of sp³-hybridized carbons (Fsp3) is 1.00. The molecular weight excluding hydrogens is 210 g/mol. The molecular formula is C14H27N3. The van der Waals surface area contributed by atoms with E-state index in [2.05, 4.69) is 28.7 Å². The Morgan fingerprint density at radius 2 is 1.65 bits per heavy atom. The molecule has 0 saturated carbocycles. The van der Waals surface area contributed by atoms with Crippen LogP contribution in [-0.4, -0.2) is 72.6 Å². The van der Waals surface area contributed by atoms with Crippen LogP contribution in [0.3, 0.4) is 0 Å². The summed E-state index contributed by atoms with van der Waals surface area (Å²) in [4.78, 5) is 8.04. The summed E-state index contributed by atoms with van der Waals surface area (Å²) < 4.78 is 0. The zero-order valence-corrected chi connectivity index (χ0v) is 11.4. The summed E-state index contributed by atoms with van der Waals surface area (Å²) in [5.74, 6) is 0. The fourth-order valence-electron chi connectivity index (χ4n) is 4.05. The minimum Gasteiger partial charge on any atom is -0.306 e. The molecule has 3 aliphatic rings. The molecule has 3 rings (SSSR count). The van der Waals surface area contributed by atoms with Crippen molar-refractivity contribution in [1.29, 1.82) is 0 Å². The Balaban J connectivity index is 1.62. The van der Waals surface area contributed by atoms with Crippen LogP contribution in [0.15, 0.2) is 0 Å². The van der Waals surface area contributed by atoms with Crippen LogP contribution in [0.2, 0.25) is 0 Å². The van der Waals surface area contributed by atoms with Gasteiger partial charge in [0.2, 0.25) is 0 Å². The highest BCUT2D eigenvalue weighted by atomic mass is 15.3. The highest BCUT2D eigenvalue weighted by Gasteiger charge is 2.37. The van der Waals surface area contributed by atoms with Crippen LogP contribution in [0.25, 0.3) is 0 Å². The van der Waals surface area contributed by atoms with E-state index < -0.39 is 0 Å². The second-order valence-corrected chi connectivity index (χ2v) is 6.37. The van der Waals surface area contributed by atoms with Crippen LogP contribution in [0.4, 0.5) is 0 Å². The molecule has 0 spiro atoms. The van der Waals surface area contributed by atoms with Crippen LogP contribution >= 0.6 is 0 Å². The van der Waals surface area contributed by atoms with E-state index in [4.69, 9.17) is 0 Å². The van der Waals surface area contributed by atoms with Gasteiger partial charge < -0.3 is 4.90 Å². The molecule has 3 nitrogen and oxygen atoms in total. The van der Waals surface area contributed by atoms with Gasteiger partial charge in [0.15, 0.2) is 0 Å². The second-order valence-electron chi connectivity index (χ2n) is 6.37. The summed E-state index contributed by atoms with van der Waals surface area (Å²) >= 11 is 0. The summed E-state index contributed by atoms with van der Waals surface area (Å²) in [6, 6.07) is 2.52. The molecule has 0 radical (unpaired) electrons. The summed E-state index contributed by atoms with van der Waals surface area (Å²) in [7, 11) is 2.26. The highest BCUT2D eigenvalue weighted by Crippen LogP contribution is 2.28. The van der Waals surface area contributed by atoms with Crippen LogP contribution in [0.1, 0.15) is 32.6 Å². The fourth-order valence-corrected chi connectivity index (χ4v) is 4.05. The first-order chi connectivity index (χ1) is 8.24. The predicted octanol–water partition coefficient (Wildman–Crippen LogP) is 1.25. The lowest BCUT2D eigenvalue weighted by Gasteiger charge is -2.48. The molecule has 2 unspecified atom stereocenters. The van der Waals surface area contributed by atoms with Crippen molar-refractivity contribution in [1.82, 2.24) is 14.7 Å². The van der Waals surface area contributed by atoms with Crippen molar-refractivity contribution in [3.63, 3.8) is 0 Å². The first kappa shape index (κ1) is 11.9. The SMILES string of the molecule is CC1CN2CCCC2CN1C1CCN(C)CC1. The third-order valence-corrected chi connectivity index (χ3v) is 5.14. The molecule has 0 bridgehead atoms. The van der Waals surface area contributed by atoms with Gasteiger partial charge in [-0.3, -0.25) is 9.80 Å². The van der Waals surface area contributed by atoms with Crippen LogP contribution < -0.4 is 0 Å². The maximum absolute atomic E-state index is 2.83. The first-order valence-corrected chi connectivity index (χ1v) is 7.42. The molecule has 17 heavy (non-hydrogen) atoms. The predicted molar refractivity (Wildman–Crippen MR) is 71.3 cm³/mol. The monoisotopic (exact) mass is 237 g/mol. The second kappa shape index (κ2) is 4.87. The van der Waals surface area contributed by atoms with Crippen molar-refractivity contribution >= 4 is 0 Å². The zero-order chi connectivity index (χ0) is 11.8. The molecule has 0 N–H and O–H groups in total. The number of hydrogen-bond acceptors (Lipinski definition) is 3. The van der Waals surface area contributed by atoms with E-state index in [1.807, 2.05) is 0 Å². The van der Waals surface area contributed by atoms with E-state index >= 15 is 0 Å². The minimum absolute atomic E-state index is 0.776. The Morgan fingerprint density at radius 1 is 0.882 bits per heavy atom. The van der Waals surface area contributed by atoms with Gasteiger partial charge in [-0.2, -0.15) is 0 Å². The Labute approximate surface area is 106 Å². The van der Waals surface area contributed by atoms with Gasteiger partial charge in [-0.05, 0) is 59.3 Å². The molecule has 0 aliphatic carbocycles. The first-order valence-electron chi connectivity index (χ1n) is 7.42. The molecule has 3 fully saturated rings. The number of nitrogens with zero attached hydrogens (tertiary/aromatic N) is 3. The summed E-state index contributed by atoms with van der Waals surface area (Å²) in [5.41, 5.74) is 0. The van der Waals surface area contributed by atoms with E-state index in [9.17, 15) is 0 Å². The maximum atomic E-state index is 2.83. The molecule has 3 heteroatoms. The molecule has 3 saturated heterocycles. The standard InChI is InChI=1S/C14H27N3/c1-12-10-16-7-3-4-14(16)11-17(12)13-5-8-15(2)9-6-13/h12-14H,3-11H2,1-2H3. The van der Waals surface area contributed by atoms with Crippen molar-refractivity contribution in [2.75, 3.05) is 39.8 Å². The Morgan fingerprint density at radius 3 is 2.41 bits per heavy atom. The average Bonchev–Trinajstić information content (AvgIpc) is 2.76. The summed E-state index contributed by atoms with van der Waals surface area (Å²) in [6.45, 7) is 9.04. The minimum atomic E-state index is 0.776. The Kier molecular flexibility index (Phi) is 3.42. The van der Waals surface area contributed by atoms with Crippen LogP contribution in [0, 0.1) is 0 Å². The molecule has 98 valence electrons. The molecule has 0 amide bonds. The lowest BCUT2D eigenvalue weighted by molar-refractivity contribution is 0.00817. The van der Waals surface area contributed by atoms with Crippen molar-refractivity contribution < 1.29 is 0 Å². The maximum Gasteiger partial charge on any atom is 0.0224 e. The molecule has 0 aromatic rings. The summed E-state index contributed by atoms with van der Waals surface area (Å²) in [5, 5.41) is 0. The van der Waals surface area contributed by atoms with Crippen LogP contribution in [-0.2, 0) is 0 Å². The van der Waals surface area contributed by atoms with E-state index in [1.165, 1.54) is 58.4 Å². The van der Waals surface area contributed by atoms with Gasteiger partial charge in [0.25, 0.3) is 0 Å². The molecule has 2 atom stereocenters. The van der Waals surface area contributed by atoms with E-state index in [1.54, 1.807) is 0 Å². The van der Waals surface area contributed by atoms with Gasteiger partial charge >= 0.3 is 0 Å². The van der Waals surface area contributed by atoms with Gasteiger partial charge in [-0.15, -0.1) is 0 Å². The Hall–Kier alpha value is -0.120. The van der Waals surface area contributed by atoms with Crippen molar-refractivity contribution in [2.24, 2.45) is 0 Å². The Bertz CT molecular complexity index is 260. The normalized spacial score (nSPS) is 38.5. The quantitative estimate of drug-likeness (QED) is 0.679. The topological polar surface area (TPSA) is 9.72 Å². The number of piperazine rings is 1. The number of likely N-dealkylation sites (tertiary alicyclic amines) is 1. The lowest BCUT2D eigenvalue weighted by atomic mass is 9.98.